The van der Waals surface area contributed by atoms with Crippen LogP contribution in [0.1, 0.15) is 12.8 Å². The molecule has 0 aromatic carbocycles. The molecule has 2 rings (SSSR count). The first-order chi connectivity index (χ1) is 4.77. The number of carbonyl (C=O) groups excluding carboxylic acids is 1. The number of rotatable bonds is 1. The van der Waals surface area contributed by atoms with Crippen LogP contribution in [0, 0.1) is 12.0 Å². The van der Waals surface area contributed by atoms with Gasteiger partial charge >= 0.3 is 0 Å². The smallest absolute Gasteiger partial charge is 0.256 e. The molecule has 0 spiro atoms. The molecule has 1 atom stereocenters. The first-order valence-corrected chi connectivity index (χ1v) is 3.40. The second-order valence-electron chi connectivity index (χ2n) is 2.80. The van der Waals surface area contributed by atoms with Crippen LogP contribution in [0.2, 0.25) is 0 Å². The maximum atomic E-state index is 10.6. The van der Waals surface area contributed by atoms with Crippen LogP contribution >= 0.6 is 0 Å². The SMILES string of the molecule is O=C1[C]=C(O)C(C2CC2)N1. The first-order valence-electron chi connectivity index (χ1n) is 3.40. The van der Waals surface area contributed by atoms with Crippen LogP contribution in [0.4, 0.5) is 0 Å². The van der Waals surface area contributed by atoms with Crippen molar-refractivity contribution in [3.05, 3.63) is 11.8 Å². The summed E-state index contributed by atoms with van der Waals surface area (Å²) in [4.78, 5) is 10.6. The van der Waals surface area contributed by atoms with E-state index in [9.17, 15) is 4.79 Å². The number of hydrogen-bond acceptors (Lipinski definition) is 2. The Hall–Kier alpha value is -0.990. The van der Waals surface area contributed by atoms with Gasteiger partial charge in [0.15, 0.2) is 0 Å². The number of nitrogens with one attached hydrogen (secondary N) is 1. The van der Waals surface area contributed by atoms with E-state index in [-0.39, 0.29) is 17.7 Å². The highest BCUT2D eigenvalue weighted by molar-refractivity contribution is 5.87. The van der Waals surface area contributed by atoms with Crippen molar-refractivity contribution < 1.29 is 9.90 Å². The van der Waals surface area contributed by atoms with Crippen molar-refractivity contribution in [2.75, 3.05) is 0 Å². The van der Waals surface area contributed by atoms with Gasteiger partial charge in [-0.05, 0) is 18.8 Å². The van der Waals surface area contributed by atoms with Gasteiger partial charge < -0.3 is 10.4 Å². The van der Waals surface area contributed by atoms with E-state index in [1.807, 2.05) is 0 Å². The molecule has 3 heteroatoms. The van der Waals surface area contributed by atoms with Crippen LogP contribution in [0.3, 0.4) is 0 Å². The molecular weight excluding hydrogens is 130 g/mol. The fourth-order valence-corrected chi connectivity index (χ4v) is 1.21. The van der Waals surface area contributed by atoms with E-state index in [4.69, 9.17) is 5.11 Å². The van der Waals surface area contributed by atoms with E-state index >= 15 is 0 Å². The van der Waals surface area contributed by atoms with Crippen molar-refractivity contribution in [2.45, 2.75) is 18.9 Å². The summed E-state index contributed by atoms with van der Waals surface area (Å²) >= 11 is 0. The zero-order valence-electron chi connectivity index (χ0n) is 5.42. The van der Waals surface area contributed by atoms with Gasteiger partial charge in [-0.2, -0.15) is 0 Å². The van der Waals surface area contributed by atoms with Crippen LogP contribution in [-0.4, -0.2) is 17.1 Å². The molecule has 53 valence electrons. The monoisotopic (exact) mass is 138 g/mol. The Labute approximate surface area is 58.7 Å². The quantitative estimate of drug-likeness (QED) is 0.541. The van der Waals surface area contributed by atoms with E-state index in [1.165, 1.54) is 0 Å². The van der Waals surface area contributed by atoms with Gasteiger partial charge in [0.2, 0.25) is 0 Å². The van der Waals surface area contributed by atoms with Crippen molar-refractivity contribution in [1.82, 2.24) is 5.32 Å². The minimum absolute atomic E-state index is 0.0903. The topological polar surface area (TPSA) is 49.3 Å². The normalized spacial score (nSPS) is 31.8. The Morgan fingerprint density at radius 3 is 2.70 bits per heavy atom. The lowest BCUT2D eigenvalue weighted by Gasteiger charge is -2.07. The molecule has 1 saturated carbocycles. The van der Waals surface area contributed by atoms with Gasteiger partial charge in [-0.15, -0.1) is 0 Å². The predicted molar refractivity (Wildman–Crippen MR) is 34.0 cm³/mol. The minimum Gasteiger partial charge on any atom is -0.509 e. The lowest BCUT2D eigenvalue weighted by molar-refractivity contribution is -0.116. The lowest BCUT2D eigenvalue weighted by atomic mass is 10.2. The summed E-state index contributed by atoms with van der Waals surface area (Å²) in [5, 5.41) is 11.7. The lowest BCUT2D eigenvalue weighted by Crippen LogP contribution is -2.30. The van der Waals surface area contributed by atoms with Gasteiger partial charge in [0.05, 0.1) is 12.1 Å². The van der Waals surface area contributed by atoms with Crippen molar-refractivity contribution in [2.24, 2.45) is 5.92 Å². The molecule has 1 aliphatic carbocycles. The molecule has 0 saturated heterocycles. The molecule has 1 heterocycles. The molecule has 1 radical (unpaired) electrons. The van der Waals surface area contributed by atoms with E-state index in [0.717, 1.165) is 12.8 Å². The molecule has 0 aromatic heterocycles. The maximum absolute atomic E-state index is 10.6. The zero-order valence-corrected chi connectivity index (χ0v) is 5.42. The zero-order chi connectivity index (χ0) is 7.14. The van der Waals surface area contributed by atoms with E-state index < -0.39 is 0 Å². The van der Waals surface area contributed by atoms with Gasteiger partial charge in [0.25, 0.3) is 5.91 Å². The summed E-state index contributed by atoms with van der Waals surface area (Å²) in [5.41, 5.74) is 0. The molecule has 0 bridgehead atoms. The summed E-state index contributed by atoms with van der Waals surface area (Å²) in [6.45, 7) is 0. The van der Waals surface area contributed by atoms with Crippen molar-refractivity contribution in [3.8, 4) is 0 Å². The van der Waals surface area contributed by atoms with E-state index in [0.29, 0.717) is 5.92 Å². The van der Waals surface area contributed by atoms with Crippen LogP contribution < -0.4 is 5.32 Å². The predicted octanol–water partition coefficient (Wildman–Crippen LogP) is 0.140. The highest BCUT2D eigenvalue weighted by Gasteiger charge is 2.38. The fraction of sp³-hybridized carbons (Fsp3) is 0.571. The van der Waals surface area contributed by atoms with Crippen molar-refractivity contribution in [3.63, 3.8) is 0 Å². The average Bonchev–Trinajstić information content (AvgIpc) is 2.61. The highest BCUT2D eigenvalue weighted by atomic mass is 16.3. The molecule has 1 aliphatic heterocycles. The second-order valence-corrected chi connectivity index (χ2v) is 2.80. The highest BCUT2D eigenvalue weighted by Crippen LogP contribution is 2.36. The summed E-state index contributed by atoms with van der Waals surface area (Å²) in [6.07, 6.45) is 4.53. The molecule has 3 nitrogen and oxygen atoms in total. The maximum Gasteiger partial charge on any atom is 0.256 e. The molecular formula is C7H8NO2. The number of aliphatic hydroxyl groups excluding tert-OH is 1. The van der Waals surface area contributed by atoms with Gasteiger partial charge in [-0.1, -0.05) is 0 Å². The number of amides is 1. The van der Waals surface area contributed by atoms with E-state index in [1.54, 1.807) is 0 Å². The van der Waals surface area contributed by atoms with Crippen molar-refractivity contribution in [1.29, 1.82) is 0 Å². The molecule has 1 fully saturated rings. The van der Waals surface area contributed by atoms with Crippen LogP contribution in [0.25, 0.3) is 0 Å². The Morgan fingerprint density at radius 1 is 1.60 bits per heavy atom. The van der Waals surface area contributed by atoms with Crippen LogP contribution in [0.15, 0.2) is 5.76 Å². The van der Waals surface area contributed by atoms with Crippen molar-refractivity contribution >= 4 is 5.91 Å². The fourth-order valence-electron chi connectivity index (χ4n) is 1.21. The Morgan fingerprint density at radius 2 is 2.30 bits per heavy atom. The largest absolute Gasteiger partial charge is 0.509 e. The molecule has 1 amide bonds. The molecule has 10 heavy (non-hydrogen) atoms. The first kappa shape index (κ1) is 5.77. The molecule has 0 aromatic rings. The summed E-state index contributed by atoms with van der Waals surface area (Å²) in [7, 11) is 0. The minimum atomic E-state index is -0.283. The Balaban J connectivity index is 2.11. The number of hydrogen-bond donors (Lipinski definition) is 2. The molecule has 2 N–H and O–H groups in total. The third-order valence-electron chi connectivity index (χ3n) is 1.92. The van der Waals surface area contributed by atoms with Crippen LogP contribution in [-0.2, 0) is 4.79 Å². The summed E-state index contributed by atoms with van der Waals surface area (Å²) in [5.74, 6) is 0.279. The Kier molecular flexibility index (Phi) is 1.01. The third-order valence-corrected chi connectivity index (χ3v) is 1.92. The standard InChI is InChI=1S/C7H8NO2/c9-5-3-6(10)8-7(5)4-1-2-4/h4,7,9H,1-2H2,(H,8,10). The third kappa shape index (κ3) is 0.781. The average molecular weight is 138 g/mol. The molecule has 2 aliphatic rings. The van der Waals surface area contributed by atoms with Gasteiger partial charge in [0, 0.05) is 0 Å². The van der Waals surface area contributed by atoms with E-state index in [2.05, 4.69) is 11.4 Å². The number of aliphatic hydroxyl groups is 1. The van der Waals surface area contributed by atoms with Gasteiger partial charge in [-0.3, -0.25) is 4.79 Å². The second kappa shape index (κ2) is 1.75. The Bertz CT molecular complexity index is 206. The number of carbonyl (C=O) groups is 1. The van der Waals surface area contributed by atoms with Gasteiger partial charge in [0.1, 0.15) is 5.76 Å². The van der Waals surface area contributed by atoms with Crippen LogP contribution in [0.5, 0.6) is 0 Å². The summed E-state index contributed by atoms with van der Waals surface area (Å²) < 4.78 is 0. The van der Waals surface area contributed by atoms with Gasteiger partial charge in [-0.25, -0.2) is 0 Å². The molecule has 1 unspecified atom stereocenters. The summed E-state index contributed by atoms with van der Waals surface area (Å²) in [6, 6.07) is -0.118.